The van der Waals surface area contributed by atoms with E-state index in [0.29, 0.717) is 34.5 Å². The van der Waals surface area contributed by atoms with Gasteiger partial charge in [0.15, 0.2) is 17.2 Å². The van der Waals surface area contributed by atoms with Crippen LogP contribution in [0.2, 0.25) is 5.02 Å². The molecule has 1 fully saturated rings. The molecule has 0 bridgehead atoms. The van der Waals surface area contributed by atoms with E-state index in [1.54, 1.807) is 6.33 Å². The van der Waals surface area contributed by atoms with Crippen LogP contribution in [0.15, 0.2) is 36.9 Å². The lowest BCUT2D eigenvalue weighted by atomic mass is 9.81. The maximum Gasteiger partial charge on any atom is 0.182 e. The van der Waals surface area contributed by atoms with Gasteiger partial charge in [-0.05, 0) is 30.4 Å². The molecule has 1 aromatic carbocycles. The van der Waals surface area contributed by atoms with Gasteiger partial charge in [0.2, 0.25) is 0 Å². The molecule has 0 amide bonds. The van der Waals surface area contributed by atoms with Crippen LogP contribution in [0.3, 0.4) is 0 Å². The highest BCUT2D eigenvalue weighted by Gasteiger charge is 2.25. The monoisotopic (exact) mass is 420 g/mol. The molecule has 5 rings (SSSR count). The summed E-state index contributed by atoms with van der Waals surface area (Å²) in [6, 6.07) is 7.46. The number of anilines is 1. The molecule has 1 saturated carbocycles. The van der Waals surface area contributed by atoms with Gasteiger partial charge in [-0.2, -0.15) is 0 Å². The zero-order valence-electron chi connectivity index (χ0n) is 16.5. The van der Waals surface area contributed by atoms with Gasteiger partial charge in [0.05, 0.1) is 23.1 Å². The fraction of sp³-hybridized carbons (Fsp3) is 0.318. The first kappa shape index (κ1) is 18.9. The normalized spacial score (nSPS) is 15.3. The van der Waals surface area contributed by atoms with Crippen LogP contribution in [0.1, 0.15) is 54.8 Å². The van der Waals surface area contributed by atoms with Gasteiger partial charge in [-0.25, -0.2) is 19.9 Å². The van der Waals surface area contributed by atoms with E-state index < -0.39 is 0 Å². The zero-order chi connectivity index (χ0) is 20.7. The second-order valence-corrected chi connectivity index (χ2v) is 8.25. The molecule has 30 heavy (non-hydrogen) atoms. The Balaban J connectivity index is 1.53. The molecule has 4 aromatic rings. The summed E-state index contributed by atoms with van der Waals surface area (Å²) in [6.45, 7) is 1.99. The molecule has 1 atom stereocenters. The Morgan fingerprint density at radius 3 is 2.97 bits per heavy atom. The van der Waals surface area contributed by atoms with E-state index in [0.717, 1.165) is 34.8 Å². The van der Waals surface area contributed by atoms with Crippen LogP contribution in [0, 0.1) is 5.92 Å². The minimum atomic E-state index is -0.190. The molecule has 3 heterocycles. The van der Waals surface area contributed by atoms with Crippen LogP contribution in [-0.2, 0) is 0 Å². The van der Waals surface area contributed by atoms with Crippen LogP contribution in [0.25, 0.3) is 21.9 Å². The summed E-state index contributed by atoms with van der Waals surface area (Å²) in [5.74, 6) is 1.16. The van der Waals surface area contributed by atoms with E-state index in [2.05, 4.69) is 25.3 Å². The van der Waals surface area contributed by atoms with Gasteiger partial charge in [0.1, 0.15) is 17.5 Å². The van der Waals surface area contributed by atoms with Gasteiger partial charge in [-0.1, -0.05) is 43.0 Å². The highest BCUT2D eigenvalue weighted by molar-refractivity contribution is 6.36. The second-order valence-electron chi connectivity index (χ2n) is 7.85. The number of hydrogen-bond acceptors (Lipinski definition) is 6. The number of aromatic nitrogens is 5. The van der Waals surface area contributed by atoms with E-state index in [4.69, 9.17) is 16.6 Å². The van der Waals surface area contributed by atoms with Crippen molar-refractivity contribution in [2.45, 2.75) is 38.6 Å². The first-order chi connectivity index (χ1) is 14.6. The molecule has 1 aliphatic carbocycles. The van der Waals surface area contributed by atoms with Gasteiger partial charge in [-0.3, -0.25) is 4.79 Å². The Morgan fingerprint density at radius 2 is 2.17 bits per heavy atom. The van der Waals surface area contributed by atoms with Crippen molar-refractivity contribution in [3.05, 3.63) is 53.3 Å². The van der Waals surface area contributed by atoms with Gasteiger partial charge in [0, 0.05) is 11.8 Å². The molecule has 2 N–H and O–H groups in total. The smallest absolute Gasteiger partial charge is 0.182 e. The Hall–Kier alpha value is -3.06. The number of carbonyl (C=O) groups is 1. The molecule has 0 spiro atoms. The summed E-state index contributed by atoms with van der Waals surface area (Å²) in [5.41, 5.74) is 2.54. The number of aromatic amines is 1. The van der Waals surface area contributed by atoms with Gasteiger partial charge < -0.3 is 10.3 Å². The molecule has 7 nitrogen and oxygen atoms in total. The molecule has 0 saturated heterocycles. The number of carbonyl (C=O) groups excluding carboxylic acids is 1. The number of Topliss-reactive ketones (excluding diaryl/α,β-unsaturated/α-hetero) is 1. The van der Waals surface area contributed by atoms with Gasteiger partial charge in [-0.15, -0.1) is 0 Å². The number of nitrogens with zero attached hydrogens (tertiary/aromatic N) is 4. The number of pyridine rings is 1. The number of benzene rings is 1. The third-order valence-corrected chi connectivity index (χ3v) is 6.12. The molecule has 0 radical (unpaired) electrons. The summed E-state index contributed by atoms with van der Waals surface area (Å²) < 4.78 is 0. The summed E-state index contributed by atoms with van der Waals surface area (Å²) in [4.78, 5) is 33.6. The van der Waals surface area contributed by atoms with Crippen molar-refractivity contribution < 1.29 is 4.79 Å². The van der Waals surface area contributed by atoms with E-state index in [9.17, 15) is 4.79 Å². The minimum absolute atomic E-state index is 0.0600. The maximum absolute atomic E-state index is 13.1. The Bertz CT molecular complexity index is 1250. The lowest BCUT2D eigenvalue weighted by Gasteiger charge is -2.24. The van der Waals surface area contributed by atoms with Crippen molar-refractivity contribution in [1.29, 1.82) is 0 Å². The third kappa shape index (κ3) is 3.39. The van der Waals surface area contributed by atoms with Crippen LogP contribution >= 0.6 is 11.6 Å². The van der Waals surface area contributed by atoms with Gasteiger partial charge >= 0.3 is 0 Å². The molecule has 8 heteroatoms. The molecular weight excluding hydrogens is 400 g/mol. The van der Waals surface area contributed by atoms with E-state index in [1.807, 2.05) is 31.2 Å². The Morgan fingerprint density at radius 1 is 1.30 bits per heavy atom. The quantitative estimate of drug-likeness (QED) is 0.421. The summed E-state index contributed by atoms with van der Waals surface area (Å²) >= 11 is 6.47. The number of nitrogens with one attached hydrogen (secondary N) is 2. The lowest BCUT2D eigenvalue weighted by Crippen LogP contribution is -2.18. The average Bonchev–Trinajstić information content (AvgIpc) is 3.20. The predicted molar refractivity (Wildman–Crippen MR) is 117 cm³/mol. The minimum Gasteiger partial charge on any atom is -0.360 e. The van der Waals surface area contributed by atoms with E-state index in [1.165, 1.54) is 12.7 Å². The molecule has 1 aliphatic rings. The topological polar surface area (TPSA) is 96.5 Å². The van der Waals surface area contributed by atoms with Crippen molar-refractivity contribution in [3.8, 4) is 0 Å². The fourth-order valence-electron chi connectivity index (χ4n) is 3.92. The van der Waals surface area contributed by atoms with Crippen molar-refractivity contribution in [2.24, 2.45) is 5.92 Å². The summed E-state index contributed by atoms with van der Waals surface area (Å²) in [6.07, 6.45) is 7.02. The van der Waals surface area contributed by atoms with Crippen molar-refractivity contribution in [1.82, 2.24) is 24.9 Å². The highest BCUT2D eigenvalue weighted by atomic mass is 35.5. The van der Waals surface area contributed by atoms with Crippen LogP contribution in [0.4, 0.5) is 5.82 Å². The maximum atomic E-state index is 13.1. The number of halogens is 1. The van der Waals surface area contributed by atoms with Crippen molar-refractivity contribution in [3.63, 3.8) is 0 Å². The zero-order valence-corrected chi connectivity index (χ0v) is 17.3. The first-order valence-electron chi connectivity index (χ1n) is 10.1. The molecular formula is C22H21ClN6O. The third-order valence-electron chi connectivity index (χ3n) is 5.81. The number of ketones is 1. The number of rotatable bonds is 6. The van der Waals surface area contributed by atoms with Crippen LogP contribution in [-0.4, -0.2) is 30.7 Å². The first-order valence-corrected chi connectivity index (χ1v) is 10.5. The fourth-order valence-corrected chi connectivity index (χ4v) is 4.19. The predicted octanol–water partition coefficient (Wildman–Crippen LogP) is 5.10. The number of hydrogen-bond donors (Lipinski definition) is 2. The van der Waals surface area contributed by atoms with Crippen molar-refractivity contribution in [2.75, 3.05) is 5.32 Å². The van der Waals surface area contributed by atoms with Crippen LogP contribution in [0.5, 0.6) is 0 Å². The summed E-state index contributed by atoms with van der Waals surface area (Å²) in [5, 5.41) is 5.56. The molecule has 3 aromatic heterocycles. The Kier molecular flexibility index (Phi) is 4.83. The molecule has 0 aliphatic heterocycles. The number of fused-ring (bicyclic) bond motifs is 2. The SMILES string of the molecule is C[C@H](Nc1ncnc2nc[nH]c12)c1cc2cccc(Cl)c2c(C(=O)CC2CCC2)n1. The second kappa shape index (κ2) is 7.65. The molecule has 152 valence electrons. The largest absolute Gasteiger partial charge is 0.360 e. The lowest BCUT2D eigenvalue weighted by molar-refractivity contribution is 0.0933. The van der Waals surface area contributed by atoms with Crippen molar-refractivity contribution >= 4 is 45.1 Å². The molecule has 0 unspecified atom stereocenters. The van der Waals surface area contributed by atoms with E-state index >= 15 is 0 Å². The average molecular weight is 421 g/mol. The van der Waals surface area contributed by atoms with E-state index in [-0.39, 0.29) is 11.8 Å². The summed E-state index contributed by atoms with van der Waals surface area (Å²) in [7, 11) is 0. The van der Waals surface area contributed by atoms with Crippen LogP contribution < -0.4 is 5.32 Å². The Labute approximate surface area is 178 Å². The highest BCUT2D eigenvalue weighted by Crippen LogP contribution is 2.34. The standard InChI is InChI=1S/C22H21ClN6O/c1-12(28-22-20-21(25-10-24-20)26-11-27-22)16-9-14-6-3-7-15(23)18(14)19(29-16)17(30)8-13-4-2-5-13/h3,6-7,9-13H,2,4-5,8H2,1H3,(H2,24,25,26,27,28)/t12-/m0/s1. The van der Waals surface area contributed by atoms with Gasteiger partial charge in [0.25, 0.3) is 0 Å². The number of H-pyrrole nitrogens is 1. The number of imidazole rings is 1.